The standard InChI is InChI=1S/C10H9Cl2NO2/c1-15-10(14)4-2-3-7-5-8(11)13-9(12)6-7/h2-3,5-6H,4H2,1H3. The van der Waals surface area contributed by atoms with Crippen LogP contribution < -0.4 is 0 Å². The minimum absolute atomic E-state index is 0.216. The van der Waals surface area contributed by atoms with Crippen molar-refractivity contribution in [3.8, 4) is 0 Å². The lowest BCUT2D eigenvalue weighted by Crippen LogP contribution is -1.96. The summed E-state index contributed by atoms with van der Waals surface area (Å²) in [6, 6.07) is 3.31. The highest BCUT2D eigenvalue weighted by atomic mass is 35.5. The molecule has 0 aromatic carbocycles. The third kappa shape index (κ3) is 4.32. The lowest BCUT2D eigenvalue weighted by atomic mass is 10.2. The number of methoxy groups -OCH3 is 1. The SMILES string of the molecule is COC(=O)CC=Cc1cc(Cl)nc(Cl)c1. The van der Waals surface area contributed by atoms with Gasteiger partial charge >= 0.3 is 5.97 Å². The van der Waals surface area contributed by atoms with Crippen molar-refractivity contribution < 1.29 is 9.53 Å². The third-order valence-corrected chi connectivity index (χ3v) is 1.99. The fourth-order valence-corrected chi connectivity index (χ4v) is 1.43. The van der Waals surface area contributed by atoms with E-state index in [1.54, 1.807) is 24.3 Å². The summed E-state index contributed by atoms with van der Waals surface area (Å²) in [4.78, 5) is 14.6. The second kappa shape index (κ2) is 5.73. The summed E-state index contributed by atoms with van der Waals surface area (Å²) >= 11 is 11.4. The van der Waals surface area contributed by atoms with Crippen LogP contribution >= 0.6 is 23.2 Å². The molecule has 0 N–H and O–H groups in total. The van der Waals surface area contributed by atoms with Crippen molar-refractivity contribution in [2.24, 2.45) is 0 Å². The highest BCUT2D eigenvalue weighted by Gasteiger charge is 1.97. The quantitative estimate of drug-likeness (QED) is 0.608. The predicted octanol–water partition coefficient (Wildman–Crippen LogP) is 2.96. The summed E-state index contributed by atoms with van der Waals surface area (Å²) in [5, 5.41) is 0.639. The average molecular weight is 246 g/mol. The molecule has 0 saturated carbocycles. The fraction of sp³-hybridized carbons (Fsp3) is 0.200. The van der Waals surface area contributed by atoms with Crippen LogP contribution in [0.3, 0.4) is 0 Å². The van der Waals surface area contributed by atoms with Crippen LogP contribution in [0.5, 0.6) is 0 Å². The molecular weight excluding hydrogens is 237 g/mol. The normalized spacial score (nSPS) is 10.6. The zero-order chi connectivity index (χ0) is 11.3. The van der Waals surface area contributed by atoms with Crippen molar-refractivity contribution in [2.75, 3.05) is 7.11 Å². The Labute approximate surface area is 97.7 Å². The molecule has 0 aliphatic carbocycles. The van der Waals surface area contributed by atoms with E-state index in [0.29, 0.717) is 10.3 Å². The van der Waals surface area contributed by atoms with Crippen LogP contribution in [0.15, 0.2) is 18.2 Å². The molecule has 0 radical (unpaired) electrons. The van der Waals surface area contributed by atoms with Gasteiger partial charge in [-0.25, -0.2) is 4.98 Å². The molecule has 0 atom stereocenters. The van der Waals surface area contributed by atoms with Gasteiger partial charge in [0.15, 0.2) is 0 Å². The van der Waals surface area contributed by atoms with Crippen LogP contribution in [0, 0.1) is 0 Å². The maximum absolute atomic E-state index is 10.8. The van der Waals surface area contributed by atoms with Gasteiger partial charge in [0.05, 0.1) is 13.5 Å². The Bertz CT molecular complexity index is 371. The van der Waals surface area contributed by atoms with Crippen molar-refractivity contribution in [1.82, 2.24) is 4.98 Å². The van der Waals surface area contributed by atoms with E-state index in [9.17, 15) is 4.79 Å². The van der Waals surface area contributed by atoms with Crippen LogP contribution in [-0.4, -0.2) is 18.1 Å². The molecule has 80 valence electrons. The van der Waals surface area contributed by atoms with Gasteiger partial charge in [0, 0.05) is 0 Å². The first-order valence-corrected chi connectivity index (χ1v) is 4.94. The zero-order valence-electron chi connectivity index (χ0n) is 8.04. The summed E-state index contributed by atoms with van der Waals surface area (Å²) in [6.45, 7) is 0. The topological polar surface area (TPSA) is 39.2 Å². The van der Waals surface area contributed by atoms with E-state index in [1.165, 1.54) is 7.11 Å². The lowest BCUT2D eigenvalue weighted by Gasteiger charge is -1.96. The molecule has 0 fully saturated rings. The second-order valence-corrected chi connectivity index (χ2v) is 3.50. The molecule has 3 nitrogen and oxygen atoms in total. The van der Waals surface area contributed by atoms with E-state index < -0.39 is 0 Å². The van der Waals surface area contributed by atoms with Gasteiger partial charge in [0.2, 0.25) is 0 Å². The van der Waals surface area contributed by atoms with Gasteiger partial charge in [-0.15, -0.1) is 0 Å². The number of pyridine rings is 1. The van der Waals surface area contributed by atoms with Crippen LogP contribution in [0.1, 0.15) is 12.0 Å². The monoisotopic (exact) mass is 245 g/mol. The molecule has 0 aliphatic rings. The average Bonchev–Trinajstić information content (AvgIpc) is 2.16. The number of carbonyl (C=O) groups excluding carboxylic acids is 1. The molecular formula is C10H9Cl2NO2. The first-order chi connectivity index (χ1) is 7.11. The van der Waals surface area contributed by atoms with Gasteiger partial charge in [-0.1, -0.05) is 35.4 Å². The molecule has 5 heteroatoms. The molecule has 15 heavy (non-hydrogen) atoms. The first-order valence-electron chi connectivity index (χ1n) is 4.18. The molecule has 0 aliphatic heterocycles. The van der Waals surface area contributed by atoms with Gasteiger partial charge in [-0.3, -0.25) is 4.79 Å². The van der Waals surface area contributed by atoms with E-state index in [-0.39, 0.29) is 12.4 Å². The van der Waals surface area contributed by atoms with E-state index in [0.717, 1.165) is 5.56 Å². The maximum atomic E-state index is 10.8. The maximum Gasteiger partial charge on any atom is 0.309 e. The van der Waals surface area contributed by atoms with Gasteiger partial charge in [-0.2, -0.15) is 0 Å². The largest absolute Gasteiger partial charge is 0.469 e. The predicted molar refractivity (Wildman–Crippen MR) is 59.9 cm³/mol. The number of ether oxygens (including phenoxy) is 1. The number of hydrogen-bond acceptors (Lipinski definition) is 3. The van der Waals surface area contributed by atoms with Crippen molar-refractivity contribution in [3.63, 3.8) is 0 Å². The number of nitrogens with zero attached hydrogens (tertiary/aromatic N) is 1. The Kier molecular flexibility index (Phi) is 4.59. The smallest absolute Gasteiger partial charge is 0.309 e. The molecule has 1 rings (SSSR count). The van der Waals surface area contributed by atoms with E-state index >= 15 is 0 Å². The second-order valence-electron chi connectivity index (χ2n) is 2.73. The number of halogens is 2. The highest BCUT2D eigenvalue weighted by Crippen LogP contribution is 2.15. The van der Waals surface area contributed by atoms with Crippen molar-refractivity contribution in [3.05, 3.63) is 34.1 Å². The van der Waals surface area contributed by atoms with Crippen LogP contribution in [-0.2, 0) is 9.53 Å². The van der Waals surface area contributed by atoms with E-state index in [4.69, 9.17) is 23.2 Å². The lowest BCUT2D eigenvalue weighted by molar-refractivity contribution is -0.139. The Hall–Kier alpha value is -1.06. The van der Waals surface area contributed by atoms with E-state index in [1.807, 2.05) is 0 Å². The highest BCUT2D eigenvalue weighted by molar-refractivity contribution is 6.32. The Morgan fingerprint density at radius 2 is 2.07 bits per heavy atom. The molecule has 1 heterocycles. The van der Waals surface area contributed by atoms with Crippen molar-refractivity contribution >= 4 is 35.2 Å². The van der Waals surface area contributed by atoms with Crippen molar-refractivity contribution in [2.45, 2.75) is 6.42 Å². The summed E-state index contributed by atoms with van der Waals surface area (Å²) in [5.41, 5.74) is 0.795. The number of aromatic nitrogens is 1. The molecule has 1 aromatic rings. The molecule has 0 amide bonds. The van der Waals surface area contributed by atoms with Gasteiger partial charge in [-0.05, 0) is 17.7 Å². The summed E-state index contributed by atoms with van der Waals surface area (Å²) in [5.74, 6) is -0.294. The first kappa shape index (κ1) is 12.0. The number of hydrogen-bond donors (Lipinski definition) is 0. The summed E-state index contributed by atoms with van der Waals surface area (Å²) in [6.07, 6.45) is 3.62. The summed E-state index contributed by atoms with van der Waals surface area (Å²) < 4.78 is 4.48. The zero-order valence-corrected chi connectivity index (χ0v) is 9.55. The minimum atomic E-state index is -0.294. The minimum Gasteiger partial charge on any atom is -0.469 e. The van der Waals surface area contributed by atoms with Gasteiger partial charge in [0.25, 0.3) is 0 Å². The molecule has 0 bridgehead atoms. The molecule has 0 saturated heterocycles. The third-order valence-electron chi connectivity index (χ3n) is 1.61. The van der Waals surface area contributed by atoms with E-state index in [2.05, 4.69) is 9.72 Å². The number of carbonyl (C=O) groups is 1. The van der Waals surface area contributed by atoms with Crippen molar-refractivity contribution in [1.29, 1.82) is 0 Å². The molecule has 0 unspecified atom stereocenters. The van der Waals surface area contributed by atoms with Gasteiger partial charge in [0.1, 0.15) is 10.3 Å². The Morgan fingerprint density at radius 3 is 2.60 bits per heavy atom. The van der Waals surface area contributed by atoms with Crippen LogP contribution in [0.4, 0.5) is 0 Å². The van der Waals surface area contributed by atoms with Crippen LogP contribution in [0.2, 0.25) is 10.3 Å². The van der Waals surface area contributed by atoms with Gasteiger partial charge < -0.3 is 4.74 Å². The Balaban J connectivity index is 2.68. The summed E-state index contributed by atoms with van der Waals surface area (Å²) in [7, 11) is 1.34. The molecule has 0 spiro atoms. The number of esters is 1. The molecule has 1 aromatic heterocycles. The fourth-order valence-electron chi connectivity index (χ4n) is 0.954. The van der Waals surface area contributed by atoms with Crippen LogP contribution in [0.25, 0.3) is 6.08 Å². The number of rotatable bonds is 3. The Morgan fingerprint density at radius 1 is 1.47 bits per heavy atom.